The van der Waals surface area contributed by atoms with Gasteiger partial charge in [-0.25, -0.2) is 4.98 Å². The van der Waals surface area contributed by atoms with E-state index in [-0.39, 0.29) is 5.91 Å². The van der Waals surface area contributed by atoms with Crippen molar-refractivity contribution < 1.29 is 4.79 Å². The third kappa shape index (κ3) is 4.44. The maximum absolute atomic E-state index is 12.7. The van der Waals surface area contributed by atoms with Crippen LogP contribution in [-0.4, -0.2) is 10.9 Å². The average molecular weight is 405 g/mol. The molecule has 2 aromatic carbocycles. The van der Waals surface area contributed by atoms with Crippen molar-refractivity contribution >= 4 is 45.6 Å². The van der Waals surface area contributed by atoms with Gasteiger partial charge in [0.25, 0.3) is 0 Å². The number of hydrogen-bond acceptors (Lipinski definition) is 3. The van der Waals surface area contributed by atoms with E-state index in [1.165, 1.54) is 11.3 Å². The predicted molar refractivity (Wildman–Crippen MR) is 110 cm³/mol. The number of carbonyl (C=O) groups excluding carboxylic acids is 1. The molecule has 1 amide bonds. The van der Waals surface area contributed by atoms with Crippen molar-refractivity contribution in [1.82, 2.24) is 4.98 Å². The molecule has 1 aromatic heterocycles. The van der Waals surface area contributed by atoms with Gasteiger partial charge in [0.05, 0.1) is 10.7 Å². The molecule has 0 unspecified atom stereocenters. The number of rotatable bonds is 5. The molecule has 1 heterocycles. The van der Waals surface area contributed by atoms with Crippen LogP contribution in [0.5, 0.6) is 0 Å². The number of halogens is 2. The zero-order valence-electron chi connectivity index (χ0n) is 14.4. The van der Waals surface area contributed by atoms with E-state index >= 15 is 0 Å². The Kier molecular flexibility index (Phi) is 5.66. The number of nitrogens with zero attached hydrogens (tertiary/aromatic N) is 1. The number of thiazole rings is 1. The van der Waals surface area contributed by atoms with Crippen molar-refractivity contribution in [2.24, 2.45) is 5.41 Å². The van der Waals surface area contributed by atoms with E-state index in [1.807, 2.05) is 55.6 Å². The summed E-state index contributed by atoms with van der Waals surface area (Å²) in [5, 5.41) is 6.45. The highest BCUT2D eigenvalue weighted by molar-refractivity contribution is 7.14. The van der Waals surface area contributed by atoms with Crippen LogP contribution in [0.1, 0.15) is 19.4 Å². The molecule has 0 radical (unpaired) electrons. The zero-order valence-corrected chi connectivity index (χ0v) is 16.8. The van der Waals surface area contributed by atoms with Gasteiger partial charge in [0.15, 0.2) is 5.13 Å². The van der Waals surface area contributed by atoms with Crippen LogP contribution in [-0.2, 0) is 11.2 Å². The second kappa shape index (κ2) is 7.78. The van der Waals surface area contributed by atoms with Crippen molar-refractivity contribution in [3.63, 3.8) is 0 Å². The van der Waals surface area contributed by atoms with Crippen LogP contribution >= 0.6 is 34.5 Å². The number of amides is 1. The van der Waals surface area contributed by atoms with E-state index in [9.17, 15) is 4.79 Å². The highest BCUT2D eigenvalue weighted by Crippen LogP contribution is 2.33. The van der Waals surface area contributed by atoms with E-state index in [2.05, 4.69) is 10.3 Å². The maximum Gasteiger partial charge on any atom is 0.232 e. The first-order chi connectivity index (χ1) is 12.3. The first-order valence-electron chi connectivity index (χ1n) is 8.11. The molecular formula is C20H18Cl2N2OS. The number of nitrogens with one attached hydrogen (secondary N) is 1. The molecule has 0 saturated carbocycles. The normalized spacial score (nSPS) is 11.4. The minimum absolute atomic E-state index is 0.0653. The number of aromatic nitrogens is 1. The zero-order chi connectivity index (χ0) is 18.7. The van der Waals surface area contributed by atoms with E-state index in [1.54, 1.807) is 12.1 Å². The van der Waals surface area contributed by atoms with E-state index in [0.717, 1.165) is 11.1 Å². The molecule has 0 aliphatic heterocycles. The molecular weight excluding hydrogens is 387 g/mol. The molecule has 3 nitrogen and oxygen atoms in total. The highest BCUT2D eigenvalue weighted by atomic mass is 35.5. The minimum Gasteiger partial charge on any atom is -0.301 e. The smallest absolute Gasteiger partial charge is 0.232 e. The number of anilines is 1. The third-order valence-corrected chi connectivity index (χ3v) is 5.34. The lowest BCUT2D eigenvalue weighted by atomic mass is 9.85. The number of benzene rings is 2. The largest absolute Gasteiger partial charge is 0.301 e. The number of hydrogen-bond donors (Lipinski definition) is 1. The Morgan fingerprint density at radius 1 is 1.15 bits per heavy atom. The lowest BCUT2D eigenvalue weighted by Crippen LogP contribution is -2.32. The Balaban J connectivity index is 1.73. The Bertz CT molecular complexity index is 923. The fraction of sp³-hybridized carbons (Fsp3) is 0.200. The number of carbonyl (C=O) groups is 1. The van der Waals surface area contributed by atoms with Crippen molar-refractivity contribution in [2.45, 2.75) is 20.3 Å². The molecule has 0 bridgehead atoms. The van der Waals surface area contributed by atoms with Gasteiger partial charge < -0.3 is 5.32 Å². The molecule has 0 aliphatic rings. The Labute approximate surface area is 167 Å². The lowest BCUT2D eigenvalue weighted by Gasteiger charge is -2.23. The van der Waals surface area contributed by atoms with Crippen molar-refractivity contribution in [2.75, 3.05) is 5.32 Å². The standard InChI is InChI=1S/C20H18Cl2N2OS/c1-20(2,11-13-6-4-3-5-7-13)18(25)24-19-23-17(12-26-19)15-9-8-14(21)10-16(15)22/h3-10,12H,11H2,1-2H3,(H,23,24,25). The molecule has 0 fully saturated rings. The molecule has 26 heavy (non-hydrogen) atoms. The molecule has 3 aromatic rings. The van der Waals surface area contributed by atoms with Crippen LogP contribution in [0.3, 0.4) is 0 Å². The van der Waals surface area contributed by atoms with Gasteiger partial charge in [-0.1, -0.05) is 67.4 Å². The first kappa shape index (κ1) is 18.9. The summed E-state index contributed by atoms with van der Waals surface area (Å²) in [7, 11) is 0. The third-order valence-electron chi connectivity index (χ3n) is 4.04. The lowest BCUT2D eigenvalue weighted by molar-refractivity contribution is -0.123. The molecule has 134 valence electrons. The Morgan fingerprint density at radius 2 is 1.88 bits per heavy atom. The topological polar surface area (TPSA) is 42.0 Å². The molecule has 6 heteroatoms. The second-order valence-electron chi connectivity index (χ2n) is 6.66. The molecule has 3 rings (SSSR count). The van der Waals surface area contributed by atoms with Gasteiger partial charge in [0, 0.05) is 21.4 Å². The fourth-order valence-electron chi connectivity index (χ4n) is 2.60. The summed E-state index contributed by atoms with van der Waals surface area (Å²) in [6.07, 6.45) is 0.654. The van der Waals surface area contributed by atoms with Crippen molar-refractivity contribution in [3.05, 3.63) is 69.5 Å². The van der Waals surface area contributed by atoms with E-state index < -0.39 is 5.41 Å². The van der Waals surface area contributed by atoms with Crippen LogP contribution in [0, 0.1) is 5.41 Å². The summed E-state index contributed by atoms with van der Waals surface area (Å²) in [5.74, 6) is -0.0653. The molecule has 1 N–H and O–H groups in total. The molecule has 0 aliphatic carbocycles. The fourth-order valence-corrected chi connectivity index (χ4v) is 3.82. The quantitative estimate of drug-likeness (QED) is 0.539. The summed E-state index contributed by atoms with van der Waals surface area (Å²) in [5.41, 5.74) is 2.08. The minimum atomic E-state index is -0.550. The van der Waals surface area contributed by atoms with Crippen LogP contribution in [0.25, 0.3) is 11.3 Å². The van der Waals surface area contributed by atoms with Crippen molar-refractivity contribution in [1.29, 1.82) is 0 Å². The van der Waals surface area contributed by atoms with E-state index in [4.69, 9.17) is 23.2 Å². The summed E-state index contributed by atoms with van der Waals surface area (Å²) in [4.78, 5) is 17.2. The maximum atomic E-state index is 12.7. The summed E-state index contributed by atoms with van der Waals surface area (Å²) in [6, 6.07) is 15.2. The van der Waals surface area contributed by atoms with Gasteiger partial charge in [-0.05, 0) is 30.2 Å². The summed E-state index contributed by atoms with van der Waals surface area (Å²) in [6.45, 7) is 3.86. The Hall–Kier alpha value is -1.88. The van der Waals surface area contributed by atoms with Gasteiger partial charge in [-0.3, -0.25) is 4.79 Å². The average Bonchev–Trinajstić information content (AvgIpc) is 3.03. The monoisotopic (exact) mass is 404 g/mol. The SMILES string of the molecule is CC(C)(Cc1ccccc1)C(=O)Nc1nc(-c2ccc(Cl)cc2Cl)cs1. The highest BCUT2D eigenvalue weighted by Gasteiger charge is 2.28. The second-order valence-corrected chi connectivity index (χ2v) is 8.36. The van der Waals surface area contributed by atoms with Crippen LogP contribution in [0.15, 0.2) is 53.9 Å². The van der Waals surface area contributed by atoms with Crippen LogP contribution in [0.2, 0.25) is 10.0 Å². The van der Waals surface area contributed by atoms with Crippen LogP contribution in [0.4, 0.5) is 5.13 Å². The van der Waals surface area contributed by atoms with E-state index in [0.29, 0.717) is 27.3 Å². The van der Waals surface area contributed by atoms with Gasteiger partial charge >= 0.3 is 0 Å². The van der Waals surface area contributed by atoms with Crippen molar-refractivity contribution in [3.8, 4) is 11.3 Å². The Morgan fingerprint density at radius 3 is 2.58 bits per heavy atom. The molecule has 0 spiro atoms. The molecule has 0 atom stereocenters. The van der Waals surface area contributed by atoms with Gasteiger partial charge in [-0.15, -0.1) is 11.3 Å². The molecule has 0 saturated heterocycles. The van der Waals surface area contributed by atoms with Gasteiger partial charge in [0.1, 0.15) is 0 Å². The predicted octanol–water partition coefficient (Wildman–Crippen LogP) is 6.32. The summed E-state index contributed by atoms with van der Waals surface area (Å²) >= 11 is 13.5. The summed E-state index contributed by atoms with van der Waals surface area (Å²) < 4.78 is 0. The van der Waals surface area contributed by atoms with Crippen LogP contribution < -0.4 is 5.32 Å². The van der Waals surface area contributed by atoms with Gasteiger partial charge in [0.2, 0.25) is 5.91 Å². The first-order valence-corrected chi connectivity index (χ1v) is 9.75. The van der Waals surface area contributed by atoms with Gasteiger partial charge in [-0.2, -0.15) is 0 Å².